The minimum atomic E-state index is -0.131. The number of benzene rings is 1. The van der Waals surface area contributed by atoms with Crippen molar-refractivity contribution in [2.75, 3.05) is 5.88 Å². The zero-order chi connectivity index (χ0) is 13.8. The summed E-state index contributed by atoms with van der Waals surface area (Å²) in [6.07, 6.45) is 4.39. The molecule has 2 unspecified atom stereocenters. The van der Waals surface area contributed by atoms with Crippen molar-refractivity contribution in [3.63, 3.8) is 0 Å². The molecule has 3 nitrogen and oxygen atoms in total. The molecule has 0 heterocycles. The second-order valence-corrected chi connectivity index (χ2v) is 6.42. The van der Waals surface area contributed by atoms with Crippen LogP contribution in [-0.2, 0) is 0 Å². The van der Waals surface area contributed by atoms with Crippen molar-refractivity contribution in [1.29, 1.82) is 0 Å². The minimum Gasteiger partial charge on any atom is -0.507 e. The van der Waals surface area contributed by atoms with Gasteiger partial charge in [-0.25, -0.2) is 0 Å². The lowest BCUT2D eigenvalue weighted by molar-refractivity contribution is 0.0910. The summed E-state index contributed by atoms with van der Waals surface area (Å²) in [5, 5.41) is 12.7. The molecule has 1 aliphatic carbocycles. The Morgan fingerprint density at radius 1 is 1.42 bits per heavy atom. The molecular formula is C14H17ClINO2. The van der Waals surface area contributed by atoms with Crippen LogP contribution in [0.25, 0.3) is 0 Å². The van der Waals surface area contributed by atoms with Gasteiger partial charge in [-0.2, -0.15) is 0 Å². The van der Waals surface area contributed by atoms with Gasteiger partial charge in [-0.05, 0) is 59.5 Å². The largest absolute Gasteiger partial charge is 0.507 e. The van der Waals surface area contributed by atoms with E-state index in [1.807, 2.05) is 22.6 Å². The number of phenols is 1. The Hall–Kier alpha value is -0.490. The highest BCUT2D eigenvalue weighted by molar-refractivity contribution is 14.1. The van der Waals surface area contributed by atoms with Crippen molar-refractivity contribution in [1.82, 2.24) is 5.32 Å². The Morgan fingerprint density at radius 2 is 2.16 bits per heavy atom. The average Bonchev–Trinajstić information content (AvgIpc) is 2.42. The van der Waals surface area contributed by atoms with Crippen LogP contribution in [0.5, 0.6) is 5.75 Å². The van der Waals surface area contributed by atoms with Crippen LogP contribution in [0.1, 0.15) is 36.0 Å². The van der Waals surface area contributed by atoms with Crippen LogP contribution < -0.4 is 5.32 Å². The fraction of sp³-hybridized carbons (Fsp3) is 0.500. The lowest BCUT2D eigenvalue weighted by atomic mass is 9.85. The SMILES string of the molecule is O=C(NC1CCCCC1CCl)c1ccc(I)c(O)c1. The van der Waals surface area contributed by atoms with Gasteiger partial charge in [0.1, 0.15) is 5.75 Å². The molecule has 0 spiro atoms. The molecule has 19 heavy (non-hydrogen) atoms. The van der Waals surface area contributed by atoms with Crippen molar-refractivity contribution in [3.05, 3.63) is 27.3 Å². The van der Waals surface area contributed by atoms with Crippen LogP contribution in [0.4, 0.5) is 0 Å². The fourth-order valence-electron chi connectivity index (χ4n) is 2.49. The van der Waals surface area contributed by atoms with E-state index in [0.29, 0.717) is 17.4 Å². The van der Waals surface area contributed by atoms with E-state index in [2.05, 4.69) is 5.32 Å². The van der Waals surface area contributed by atoms with Crippen LogP contribution >= 0.6 is 34.2 Å². The second-order valence-electron chi connectivity index (χ2n) is 4.94. The Kier molecular flexibility index (Phi) is 5.33. The average molecular weight is 394 g/mol. The third-order valence-corrected chi connectivity index (χ3v) is 4.94. The van der Waals surface area contributed by atoms with E-state index < -0.39 is 0 Å². The quantitative estimate of drug-likeness (QED) is 0.610. The maximum Gasteiger partial charge on any atom is 0.251 e. The third-order valence-electron chi connectivity index (χ3n) is 3.63. The standard InChI is InChI=1S/C14H17ClINO2/c15-8-10-3-1-2-4-12(10)17-14(19)9-5-6-11(16)13(18)7-9/h5-7,10,12,18H,1-4,8H2,(H,17,19). The van der Waals surface area contributed by atoms with Gasteiger partial charge in [-0.1, -0.05) is 12.8 Å². The number of aromatic hydroxyl groups is 1. The molecule has 5 heteroatoms. The number of hydrogen-bond acceptors (Lipinski definition) is 2. The molecule has 104 valence electrons. The van der Waals surface area contributed by atoms with Crippen molar-refractivity contribution in [2.45, 2.75) is 31.7 Å². The molecule has 0 bridgehead atoms. The summed E-state index contributed by atoms with van der Waals surface area (Å²) >= 11 is 7.99. The van der Waals surface area contributed by atoms with Crippen molar-refractivity contribution in [2.24, 2.45) is 5.92 Å². The number of halogens is 2. The van der Waals surface area contributed by atoms with Gasteiger partial charge in [-0.15, -0.1) is 11.6 Å². The number of carbonyl (C=O) groups excluding carboxylic acids is 1. The molecule has 1 aromatic carbocycles. The third kappa shape index (κ3) is 3.75. The maximum atomic E-state index is 12.2. The highest BCUT2D eigenvalue weighted by Crippen LogP contribution is 2.26. The Balaban J connectivity index is 2.05. The van der Waals surface area contributed by atoms with E-state index in [0.717, 1.165) is 22.8 Å². The second kappa shape index (κ2) is 6.79. The molecule has 1 saturated carbocycles. The first-order valence-corrected chi connectivity index (χ1v) is 8.08. The van der Waals surface area contributed by atoms with Gasteiger partial charge in [0, 0.05) is 17.5 Å². The van der Waals surface area contributed by atoms with E-state index in [-0.39, 0.29) is 17.7 Å². The zero-order valence-corrected chi connectivity index (χ0v) is 13.4. The van der Waals surface area contributed by atoms with E-state index in [1.54, 1.807) is 12.1 Å². The van der Waals surface area contributed by atoms with Crippen LogP contribution in [0.3, 0.4) is 0 Å². The summed E-state index contributed by atoms with van der Waals surface area (Å²) in [6.45, 7) is 0. The molecule has 1 fully saturated rings. The van der Waals surface area contributed by atoms with Gasteiger partial charge < -0.3 is 10.4 Å². The number of hydrogen-bond donors (Lipinski definition) is 2. The predicted molar refractivity (Wildman–Crippen MR) is 84.8 cm³/mol. The van der Waals surface area contributed by atoms with Crippen LogP contribution in [0, 0.1) is 9.49 Å². The summed E-state index contributed by atoms with van der Waals surface area (Å²) < 4.78 is 0.741. The number of rotatable bonds is 3. The van der Waals surface area contributed by atoms with E-state index >= 15 is 0 Å². The maximum absolute atomic E-state index is 12.2. The lowest BCUT2D eigenvalue weighted by Crippen LogP contribution is -2.42. The molecule has 1 amide bonds. The first kappa shape index (κ1) is 14.9. The molecule has 2 atom stereocenters. The van der Waals surface area contributed by atoms with Gasteiger partial charge >= 0.3 is 0 Å². The first-order chi connectivity index (χ1) is 9.11. The van der Waals surface area contributed by atoms with Gasteiger partial charge in [0.05, 0.1) is 3.57 Å². The summed E-state index contributed by atoms with van der Waals surface area (Å²) in [7, 11) is 0. The molecule has 1 aromatic rings. The van der Waals surface area contributed by atoms with Gasteiger partial charge in [0.25, 0.3) is 5.91 Å². The van der Waals surface area contributed by atoms with Gasteiger partial charge in [0.2, 0.25) is 0 Å². The van der Waals surface area contributed by atoms with Crippen LogP contribution in [0.2, 0.25) is 0 Å². The molecule has 2 N–H and O–H groups in total. The lowest BCUT2D eigenvalue weighted by Gasteiger charge is -2.30. The zero-order valence-electron chi connectivity index (χ0n) is 10.5. The van der Waals surface area contributed by atoms with Crippen molar-refractivity contribution >= 4 is 40.1 Å². The number of alkyl halides is 1. The highest BCUT2D eigenvalue weighted by atomic mass is 127. The Bertz CT molecular complexity index is 467. The first-order valence-electron chi connectivity index (χ1n) is 6.47. The van der Waals surface area contributed by atoms with Crippen molar-refractivity contribution in [3.8, 4) is 5.75 Å². The molecule has 1 aliphatic rings. The molecule has 0 aliphatic heterocycles. The fourth-order valence-corrected chi connectivity index (χ4v) is 3.19. The summed E-state index contributed by atoms with van der Waals surface area (Å²) in [6, 6.07) is 5.13. The number of amides is 1. The normalized spacial score (nSPS) is 23.1. The summed E-state index contributed by atoms with van der Waals surface area (Å²) in [5.41, 5.74) is 0.497. The Morgan fingerprint density at radius 3 is 2.84 bits per heavy atom. The predicted octanol–water partition coefficient (Wildman–Crippen LogP) is 3.52. The van der Waals surface area contributed by atoms with Crippen LogP contribution in [0.15, 0.2) is 18.2 Å². The highest BCUT2D eigenvalue weighted by Gasteiger charge is 2.26. The molecule has 0 aromatic heterocycles. The van der Waals surface area contributed by atoms with Gasteiger partial charge in [-0.3, -0.25) is 4.79 Å². The van der Waals surface area contributed by atoms with E-state index in [4.69, 9.17) is 11.6 Å². The topological polar surface area (TPSA) is 49.3 Å². The number of phenolic OH excluding ortho intramolecular Hbond substituents is 1. The van der Waals surface area contributed by atoms with Crippen LogP contribution in [-0.4, -0.2) is 22.9 Å². The van der Waals surface area contributed by atoms with E-state index in [1.165, 1.54) is 12.5 Å². The molecule has 0 saturated heterocycles. The molecule has 0 radical (unpaired) electrons. The number of carbonyl (C=O) groups is 1. The van der Waals surface area contributed by atoms with Crippen molar-refractivity contribution < 1.29 is 9.90 Å². The van der Waals surface area contributed by atoms with Gasteiger partial charge in [0.15, 0.2) is 0 Å². The monoisotopic (exact) mass is 393 g/mol. The summed E-state index contributed by atoms with van der Waals surface area (Å²) in [5.74, 6) is 0.958. The summed E-state index contributed by atoms with van der Waals surface area (Å²) in [4.78, 5) is 12.2. The van der Waals surface area contributed by atoms with E-state index in [9.17, 15) is 9.90 Å². The molecule has 2 rings (SSSR count). The number of nitrogens with one attached hydrogen (secondary N) is 1. The minimum absolute atomic E-state index is 0.131. The molecular weight excluding hydrogens is 377 g/mol. The Labute approximate surface area is 131 Å². The smallest absolute Gasteiger partial charge is 0.251 e.